The monoisotopic (exact) mass is 276 g/mol. The highest BCUT2D eigenvalue weighted by molar-refractivity contribution is 6.08. The number of pyridine rings is 1. The van der Waals surface area contributed by atoms with Gasteiger partial charge in [0.15, 0.2) is 0 Å². The van der Waals surface area contributed by atoms with Crippen molar-refractivity contribution in [1.82, 2.24) is 10.0 Å². The number of hydrogen-bond acceptors (Lipinski definition) is 4. The summed E-state index contributed by atoms with van der Waals surface area (Å²) in [4.78, 5) is 24.1. The number of aromatic hydroxyl groups is 1. The zero-order valence-corrected chi connectivity index (χ0v) is 11.5. The molecule has 6 heteroatoms. The fraction of sp³-hybridized carbons (Fsp3) is 0.286. The zero-order valence-electron chi connectivity index (χ0n) is 11.5. The van der Waals surface area contributed by atoms with Gasteiger partial charge >= 0.3 is 0 Å². The second-order valence-electron chi connectivity index (χ2n) is 5.57. The molecule has 1 heterocycles. The summed E-state index contributed by atoms with van der Waals surface area (Å²) in [6.45, 7) is 5.37. The Morgan fingerprint density at radius 2 is 1.75 bits per heavy atom. The Labute approximate surface area is 115 Å². The number of carbonyl (C=O) groups excluding carboxylic acids is 1. The van der Waals surface area contributed by atoms with Crippen LogP contribution in [0.2, 0.25) is 0 Å². The van der Waals surface area contributed by atoms with Gasteiger partial charge in [0.25, 0.3) is 11.5 Å². The third-order valence-corrected chi connectivity index (χ3v) is 2.76. The molecule has 1 aromatic carbocycles. The smallest absolute Gasteiger partial charge is 0.294 e. The van der Waals surface area contributed by atoms with Crippen LogP contribution >= 0.6 is 0 Å². The quantitative estimate of drug-likeness (QED) is 0.688. The number of nitrogens with zero attached hydrogens (tertiary/aromatic N) is 1. The summed E-state index contributed by atoms with van der Waals surface area (Å²) < 4.78 is 0.0832. The number of amides is 1. The number of hydrogen-bond donors (Lipinski definition) is 3. The van der Waals surface area contributed by atoms with E-state index in [4.69, 9.17) is 0 Å². The van der Waals surface area contributed by atoms with Crippen LogP contribution in [0.1, 0.15) is 31.1 Å². The normalized spacial score (nSPS) is 11.6. The third-order valence-electron chi connectivity index (χ3n) is 2.76. The molecule has 0 fully saturated rings. The molecule has 0 aliphatic carbocycles. The molecule has 0 bridgehead atoms. The maximum atomic E-state index is 12.3. The van der Waals surface area contributed by atoms with Gasteiger partial charge in [-0.1, -0.05) is 18.2 Å². The summed E-state index contributed by atoms with van der Waals surface area (Å²) in [7, 11) is 0. The highest BCUT2D eigenvalue weighted by atomic mass is 16.5. The lowest BCUT2D eigenvalue weighted by atomic mass is 10.0. The first-order chi connectivity index (χ1) is 9.22. The van der Waals surface area contributed by atoms with E-state index >= 15 is 0 Å². The van der Waals surface area contributed by atoms with Crippen molar-refractivity contribution < 1.29 is 15.1 Å². The van der Waals surface area contributed by atoms with Gasteiger partial charge in [0.1, 0.15) is 5.56 Å². The third kappa shape index (κ3) is 2.32. The highest BCUT2D eigenvalue weighted by Crippen LogP contribution is 2.24. The number of benzene rings is 1. The van der Waals surface area contributed by atoms with Crippen molar-refractivity contribution in [2.75, 3.05) is 0 Å². The summed E-state index contributed by atoms with van der Waals surface area (Å²) in [5, 5.41) is 22.6. The van der Waals surface area contributed by atoms with Crippen LogP contribution in [0.15, 0.2) is 29.1 Å². The largest absolute Gasteiger partial charge is 0.492 e. The standard InChI is InChI=1S/C14H16N2O4/c1-14(2,3)15-11(17)10-8-6-4-5-7-9(8)12(18)16(20)13(10)19/h4-7,19-20H,1-3H3,(H,15,17). The average Bonchev–Trinajstić information content (AvgIpc) is 2.34. The second-order valence-corrected chi connectivity index (χ2v) is 5.57. The van der Waals surface area contributed by atoms with Crippen molar-refractivity contribution in [3.63, 3.8) is 0 Å². The average molecular weight is 276 g/mol. The Morgan fingerprint density at radius 3 is 2.30 bits per heavy atom. The highest BCUT2D eigenvalue weighted by Gasteiger charge is 2.24. The second kappa shape index (κ2) is 4.56. The van der Waals surface area contributed by atoms with E-state index in [2.05, 4.69) is 5.32 Å². The maximum absolute atomic E-state index is 12.3. The van der Waals surface area contributed by atoms with E-state index < -0.39 is 22.9 Å². The predicted molar refractivity (Wildman–Crippen MR) is 74.3 cm³/mol. The Morgan fingerprint density at radius 1 is 1.20 bits per heavy atom. The number of rotatable bonds is 1. The minimum Gasteiger partial charge on any atom is -0.492 e. The Bertz CT molecular complexity index is 741. The van der Waals surface area contributed by atoms with Crippen LogP contribution < -0.4 is 10.9 Å². The number of carbonyl (C=O) groups is 1. The molecule has 0 aliphatic heterocycles. The van der Waals surface area contributed by atoms with Gasteiger partial charge in [-0.25, -0.2) is 0 Å². The molecule has 3 N–H and O–H groups in total. The summed E-state index contributed by atoms with van der Waals surface area (Å²) >= 11 is 0. The fourth-order valence-electron chi connectivity index (χ4n) is 1.95. The van der Waals surface area contributed by atoms with Gasteiger partial charge in [0.05, 0.1) is 5.39 Å². The lowest BCUT2D eigenvalue weighted by Gasteiger charge is -2.21. The molecule has 0 spiro atoms. The number of aromatic nitrogens is 1. The molecule has 2 aromatic rings. The first-order valence-electron chi connectivity index (χ1n) is 6.11. The molecule has 1 aromatic heterocycles. The number of fused-ring (bicyclic) bond motifs is 1. The summed E-state index contributed by atoms with van der Waals surface area (Å²) in [6.07, 6.45) is 0. The van der Waals surface area contributed by atoms with Crippen molar-refractivity contribution in [2.45, 2.75) is 26.3 Å². The predicted octanol–water partition coefficient (Wildman–Crippen LogP) is 1.47. The zero-order chi connectivity index (χ0) is 15.1. The summed E-state index contributed by atoms with van der Waals surface area (Å²) in [6, 6.07) is 6.30. The maximum Gasteiger partial charge on any atom is 0.294 e. The topological polar surface area (TPSA) is 91.6 Å². The molecule has 2 rings (SSSR count). The van der Waals surface area contributed by atoms with E-state index in [9.17, 15) is 19.9 Å². The van der Waals surface area contributed by atoms with Crippen molar-refractivity contribution in [2.24, 2.45) is 0 Å². The SMILES string of the molecule is CC(C)(C)NC(=O)c1c(O)n(O)c(=O)c2ccccc12. The van der Waals surface area contributed by atoms with Gasteiger partial charge in [0, 0.05) is 10.9 Å². The Balaban J connectivity index is 2.76. The van der Waals surface area contributed by atoms with Crippen LogP contribution in [0.3, 0.4) is 0 Å². The van der Waals surface area contributed by atoms with E-state index in [0.717, 1.165) is 0 Å². The molecular weight excluding hydrogens is 260 g/mol. The molecule has 0 saturated heterocycles. The van der Waals surface area contributed by atoms with Crippen LogP contribution in [0.5, 0.6) is 5.88 Å². The summed E-state index contributed by atoms with van der Waals surface area (Å²) in [5.41, 5.74) is -1.41. The van der Waals surface area contributed by atoms with E-state index in [1.165, 1.54) is 6.07 Å². The molecular formula is C14H16N2O4. The van der Waals surface area contributed by atoms with E-state index in [-0.39, 0.29) is 15.7 Å². The molecule has 0 saturated carbocycles. The van der Waals surface area contributed by atoms with Crippen LogP contribution in [-0.2, 0) is 0 Å². The van der Waals surface area contributed by atoms with Gasteiger partial charge in [-0.3, -0.25) is 9.59 Å². The molecule has 0 atom stereocenters. The fourth-order valence-corrected chi connectivity index (χ4v) is 1.95. The van der Waals surface area contributed by atoms with Gasteiger partial charge in [-0.15, -0.1) is 4.73 Å². The molecule has 0 aliphatic rings. The van der Waals surface area contributed by atoms with Gasteiger partial charge in [0.2, 0.25) is 5.88 Å². The minimum absolute atomic E-state index is 0.0832. The molecule has 0 radical (unpaired) electrons. The van der Waals surface area contributed by atoms with Crippen LogP contribution in [-0.4, -0.2) is 26.5 Å². The lowest BCUT2D eigenvalue weighted by molar-refractivity contribution is 0.0904. The Kier molecular flexibility index (Phi) is 3.17. The van der Waals surface area contributed by atoms with Crippen LogP contribution in [0.4, 0.5) is 0 Å². The summed E-state index contributed by atoms with van der Waals surface area (Å²) in [5.74, 6) is -1.33. The molecule has 106 valence electrons. The molecule has 20 heavy (non-hydrogen) atoms. The first kappa shape index (κ1) is 13.9. The molecule has 0 unspecified atom stereocenters. The van der Waals surface area contributed by atoms with Crippen LogP contribution in [0, 0.1) is 0 Å². The van der Waals surface area contributed by atoms with E-state index in [0.29, 0.717) is 5.39 Å². The van der Waals surface area contributed by atoms with E-state index in [1.807, 2.05) is 0 Å². The van der Waals surface area contributed by atoms with Gasteiger partial charge in [-0.2, -0.15) is 0 Å². The van der Waals surface area contributed by atoms with Gasteiger partial charge < -0.3 is 15.6 Å². The van der Waals surface area contributed by atoms with Crippen LogP contribution in [0.25, 0.3) is 10.8 Å². The first-order valence-corrected chi connectivity index (χ1v) is 6.11. The molecule has 6 nitrogen and oxygen atoms in total. The van der Waals surface area contributed by atoms with Gasteiger partial charge in [-0.05, 0) is 26.8 Å². The lowest BCUT2D eigenvalue weighted by Crippen LogP contribution is -2.41. The Hall–Kier alpha value is -2.50. The van der Waals surface area contributed by atoms with E-state index in [1.54, 1.807) is 39.0 Å². The number of nitrogens with one attached hydrogen (secondary N) is 1. The van der Waals surface area contributed by atoms with Crippen molar-refractivity contribution in [1.29, 1.82) is 0 Å². The van der Waals surface area contributed by atoms with Crippen molar-refractivity contribution in [3.05, 3.63) is 40.2 Å². The minimum atomic E-state index is -0.773. The van der Waals surface area contributed by atoms with Crippen molar-refractivity contribution in [3.8, 4) is 5.88 Å². The molecule has 1 amide bonds. The van der Waals surface area contributed by atoms with Crippen molar-refractivity contribution >= 4 is 16.7 Å².